The molecule has 0 heterocycles. The molecule has 0 aromatic heterocycles. The fraction of sp³-hybridized carbons (Fsp3) is 0.333. The number of nitro benzene ring substituents is 1. The van der Waals surface area contributed by atoms with E-state index in [1.165, 1.54) is 25.1 Å². The molecule has 1 N–H and O–H groups in total. The summed E-state index contributed by atoms with van der Waals surface area (Å²) in [5.74, 6) is 0. The molecule has 0 amide bonds. The first-order valence-electron chi connectivity index (χ1n) is 4.67. The number of nitrogens with zero attached hydrogens (tertiary/aromatic N) is 1. The molecule has 0 aliphatic rings. The molecule has 0 aliphatic carbocycles. The maximum atomic E-state index is 11.2. The van der Waals surface area contributed by atoms with Crippen LogP contribution in [0.1, 0.15) is 18.6 Å². The number of para-hydroxylation sites is 1. The summed E-state index contributed by atoms with van der Waals surface area (Å²) >= 11 is 0. The summed E-state index contributed by atoms with van der Waals surface area (Å²) in [5, 5.41) is 10.7. The maximum Gasteiger partial charge on any atom is 0.472 e. The van der Waals surface area contributed by atoms with Crippen molar-refractivity contribution in [3.63, 3.8) is 0 Å². The summed E-state index contributed by atoms with van der Waals surface area (Å²) in [6.45, 7) is 1.43. The van der Waals surface area contributed by atoms with Gasteiger partial charge in [-0.25, -0.2) is 4.57 Å². The Labute approximate surface area is 97.8 Å². The minimum absolute atomic E-state index is 0.170. The minimum Gasteiger partial charge on any atom is -0.302 e. The highest BCUT2D eigenvalue weighted by molar-refractivity contribution is 7.47. The van der Waals surface area contributed by atoms with E-state index in [4.69, 9.17) is 9.42 Å². The second-order valence-corrected chi connectivity index (χ2v) is 4.73. The van der Waals surface area contributed by atoms with E-state index in [-0.39, 0.29) is 11.3 Å². The lowest BCUT2D eigenvalue weighted by atomic mass is 10.1. The topological polar surface area (TPSA) is 98.9 Å². The van der Waals surface area contributed by atoms with E-state index in [2.05, 4.69) is 4.52 Å². The molecule has 8 heteroatoms. The van der Waals surface area contributed by atoms with Gasteiger partial charge < -0.3 is 4.89 Å². The van der Waals surface area contributed by atoms with Gasteiger partial charge in [0.1, 0.15) is 0 Å². The zero-order chi connectivity index (χ0) is 13.1. The van der Waals surface area contributed by atoms with E-state index in [1.807, 2.05) is 0 Å². The van der Waals surface area contributed by atoms with Crippen molar-refractivity contribution in [3.8, 4) is 0 Å². The summed E-state index contributed by atoms with van der Waals surface area (Å²) in [5.41, 5.74) is 0.0416. The molecule has 7 nitrogen and oxygen atoms in total. The lowest BCUT2D eigenvalue weighted by Crippen LogP contribution is -2.03. The van der Waals surface area contributed by atoms with Gasteiger partial charge in [0.05, 0.1) is 16.6 Å². The van der Waals surface area contributed by atoms with Crippen molar-refractivity contribution in [1.29, 1.82) is 0 Å². The first kappa shape index (κ1) is 13.8. The second kappa shape index (κ2) is 5.37. The molecule has 1 unspecified atom stereocenters. The van der Waals surface area contributed by atoms with Crippen molar-refractivity contribution < 1.29 is 23.4 Å². The summed E-state index contributed by atoms with van der Waals surface area (Å²) < 4.78 is 20.2. The largest absolute Gasteiger partial charge is 0.472 e. The average molecular weight is 262 g/mol. The van der Waals surface area contributed by atoms with E-state index < -0.39 is 18.8 Å². The monoisotopic (exact) mass is 262 g/mol. The van der Waals surface area contributed by atoms with E-state index >= 15 is 0 Å². The van der Waals surface area contributed by atoms with Crippen LogP contribution in [0.25, 0.3) is 0 Å². The fourth-order valence-corrected chi connectivity index (χ4v) is 1.90. The van der Waals surface area contributed by atoms with E-state index in [0.717, 1.165) is 7.11 Å². The normalized spacial score (nSPS) is 16.2. The Hall–Kier alpha value is -1.27. The molecular formula is C9H12NO6P. The van der Waals surface area contributed by atoms with E-state index in [9.17, 15) is 14.7 Å². The van der Waals surface area contributed by atoms with Gasteiger partial charge in [0.15, 0.2) is 0 Å². The molecule has 0 radical (unpaired) electrons. The Morgan fingerprint density at radius 1 is 1.47 bits per heavy atom. The molecule has 0 saturated carbocycles. The number of nitro groups is 1. The van der Waals surface area contributed by atoms with Crippen LogP contribution in [0.2, 0.25) is 0 Å². The molecule has 2 atom stereocenters. The van der Waals surface area contributed by atoms with Crippen LogP contribution in [-0.2, 0) is 13.6 Å². The van der Waals surface area contributed by atoms with Crippen molar-refractivity contribution in [2.24, 2.45) is 0 Å². The van der Waals surface area contributed by atoms with Crippen molar-refractivity contribution in [3.05, 3.63) is 39.9 Å². The SMILES string of the molecule is COP(=O)(O)O[C@H](C)c1ccccc1[15N+](=O)[O-]. The van der Waals surface area contributed by atoms with Crippen LogP contribution in [0.3, 0.4) is 0 Å². The lowest BCUT2D eigenvalue weighted by Gasteiger charge is -2.16. The summed E-state index contributed by atoms with van der Waals surface area (Å²) in [4.78, 5) is 19.3. The Morgan fingerprint density at radius 2 is 2.06 bits per heavy atom. The van der Waals surface area contributed by atoms with Crippen molar-refractivity contribution in [1.82, 2.24) is 0 Å². The number of rotatable bonds is 5. The highest BCUT2D eigenvalue weighted by Gasteiger charge is 2.27. The van der Waals surface area contributed by atoms with Gasteiger partial charge in [-0.05, 0) is 13.0 Å². The third kappa shape index (κ3) is 3.61. The van der Waals surface area contributed by atoms with Gasteiger partial charge in [0.25, 0.3) is 5.69 Å². The molecule has 1 rings (SSSR count). The minimum atomic E-state index is -4.17. The number of hydrogen-bond acceptors (Lipinski definition) is 5. The Bertz CT molecular complexity index is 463. The molecule has 0 aliphatic heterocycles. The number of phosphoric ester groups is 1. The number of benzene rings is 1. The summed E-state index contributed by atoms with van der Waals surface area (Å²) in [7, 11) is -3.15. The molecule has 17 heavy (non-hydrogen) atoms. The van der Waals surface area contributed by atoms with Crippen molar-refractivity contribution in [2.75, 3.05) is 7.11 Å². The van der Waals surface area contributed by atoms with Gasteiger partial charge in [0.2, 0.25) is 0 Å². The molecule has 0 saturated heterocycles. The molecular weight excluding hydrogens is 250 g/mol. The highest BCUT2D eigenvalue weighted by atomic mass is 31.2. The number of hydrogen-bond donors (Lipinski definition) is 1. The molecule has 0 fully saturated rings. The quantitative estimate of drug-likeness (QED) is 0.378. The lowest BCUT2D eigenvalue weighted by molar-refractivity contribution is -0.386. The predicted octanol–water partition coefficient (Wildman–Crippen LogP) is 2.42. The van der Waals surface area contributed by atoms with E-state index in [0.29, 0.717) is 0 Å². The van der Waals surface area contributed by atoms with Gasteiger partial charge in [-0.15, -0.1) is 0 Å². The second-order valence-electron chi connectivity index (χ2n) is 3.21. The summed E-state index contributed by atoms with van der Waals surface area (Å²) in [6, 6.07) is 5.84. The molecule has 0 spiro atoms. The zero-order valence-corrected chi connectivity index (χ0v) is 10.2. The van der Waals surface area contributed by atoms with Crippen molar-refractivity contribution >= 4 is 13.5 Å². The summed E-state index contributed by atoms with van der Waals surface area (Å²) in [6.07, 6.45) is -0.924. The standard InChI is InChI=1S/C9H12NO6P/c1-7(16-17(13,14)15-2)8-5-3-4-6-9(8)10(11)12/h3-7H,1-2H3,(H,13,14)/t7-/m1/s1/i10+1. The average Bonchev–Trinajstić information content (AvgIpc) is 2.28. The van der Waals surface area contributed by atoms with Crippen LogP contribution in [0.15, 0.2) is 24.3 Å². The Balaban J connectivity index is 3.00. The Kier molecular flexibility index (Phi) is 4.36. The highest BCUT2D eigenvalue weighted by Crippen LogP contribution is 2.47. The third-order valence-corrected chi connectivity index (χ3v) is 3.14. The molecule has 1 aromatic rings. The Morgan fingerprint density at radius 3 is 2.59 bits per heavy atom. The van der Waals surface area contributed by atoms with Gasteiger partial charge in [-0.2, -0.15) is 0 Å². The third-order valence-electron chi connectivity index (χ3n) is 2.09. The van der Waals surface area contributed by atoms with E-state index in [1.54, 1.807) is 6.07 Å². The fourth-order valence-electron chi connectivity index (χ4n) is 1.30. The van der Waals surface area contributed by atoms with Gasteiger partial charge in [-0.3, -0.25) is 19.2 Å². The molecule has 0 bridgehead atoms. The van der Waals surface area contributed by atoms with Gasteiger partial charge in [0, 0.05) is 13.2 Å². The smallest absolute Gasteiger partial charge is 0.302 e. The van der Waals surface area contributed by atoms with Crippen LogP contribution in [0, 0.1) is 10.1 Å². The van der Waals surface area contributed by atoms with Gasteiger partial charge >= 0.3 is 7.82 Å². The molecule has 94 valence electrons. The zero-order valence-electron chi connectivity index (χ0n) is 9.27. The first-order chi connectivity index (χ1) is 7.87. The number of phosphoric acid groups is 1. The van der Waals surface area contributed by atoms with Gasteiger partial charge in [-0.1, -0.05) is 12.1 Å². The van der Waals surface area contributed by atoms with Crippen LogP contribution in [0.4, 0.5) is 5.69 Å². The predicted molar refractivity (Wildman–Crippen MR) is 59.4 cm³/mol. The van der Waals surface area contributed by atoms with Crippen LogP contribution in [-0.4, -0.2) is 16.9 Å². The first-order valence-corrected chi connectivity index (χ1v) is 6.17. The molecule has 1 aromatic carbocycles. The maximum absolute atomic E-state index is 11.2. The van der Waals surface area contributed by atoms with Crippen molar-refractivity contribution in [2.45, 2.75) is 13.0 Å². The van der Waals surface area contributed by atoms with Crippen LogP contribution in [0.5, 0.6) is 0 Å². The van der Waals surface area contributed by atoms with Crippen LogP contribution < -0.4 is 0 Å². The van der Waals surface area contributed by atoms with Crippen LogP contribution >= 0.6 is 7.82 Å².